The number of alkyl halides is 1. The summed E-state index contributed by atoms with van der Waals surface area (Å²) >= 11 is 5.57. The van der Waals surface area contributed by atoms with Crippen LogP contribution in [0.25, 0.3) is 0 Å². The van der Waals surface area contributed by atoms with Crippen LogP contribution in [0.3, 0.4) is 0 Å². The molecule has 1 heterocycles. The Kier molecular flexibility index (Phi) is 4.29. The molecule has 0 nitrogen and oxygen atoms in total. The SMILES string of the molecule is CCC(C)(C)c1ccc(C(Br)c2cccs2)cc1. The van der Waals surface area contributed by atoms with E-state index >= 15 is 0 Å². The molecule has 2 heteroatoms. The fraction of sp³-hybridized carbons (Fsp3) is 0.375. The van der Waals surface area contributed by atoms with E-state index in [0.717, 1.165) is 6.42 Å². The maximum atomic E-state index is 3.78. The van der Waals surface area contributed by atoms with Crippen LogP contribution >= 0.6 is 27.3 Å². The summed E-state index contributed by atoms with van der Waals surface area (Å²) in [5.41, 5.74) is 3.01. The van der Waals surface area contributed by atoms with Gasteiger partial charge in [-0.15, -0.1) is 11.3 Å². The zero-order valence-electron chi connectivity index (χ0n) is 11.1. The van der Waals surface area contributed by atoms with Gasteiger partial charge in [0.2, 0.25) is 0 Å². The zero-order chi connectivity index (χ0) is 13.2. The first kappa shape index (κ1) is 13.8. The van der Waals surface area contributed by atoms with E-state index in [0.29, 0.717) is 4.83 Å². The Morgan fingerprint density at radius 3 is 2.33 bits per heavy atom. The van der Waals surface area contributed by atoms with E-state index in [9.17, 15) is 0 Å². The second-order valence-electron chi connectivity index (χ2n) is 5.24. The van der Waals surface area contributed by atoms with Crippen LogP contribution in [0.1, 0.15) is 48.0 Å². The van der Waals surface area contributed by atoms with Crippen molar-refractivity contribution in [2.24, 2.45) is 0 Å². The average Bonchev–Trinajstić information content (AvgIpc) is 2.92. The summed E-state index contributed by atoms with van der Waals surface area (Å²) in [5, 5.41) is 2.12. The van der Waals surface area contributed by atoms with Crippen molar-refractivity contribution in [1.82, 2.24) is 0 Å². The summed E-state index contributed by atoms with van der Waals surface area (Å²) in [4.78, 5) is 1.67. The third kappa shape index (κ3) is 2.86. The highest BCUT2D eigenvalue weighted by atomic mass is 79.9. The third-order valence-electron chi connectivity index (χ3n) is 3.66. The zero-order valence-corrected chi connectivity index (χ0v) is 13.5. The number of halogens is 1. The molecule has 2 rings (SSSR count). The van der Waals surface area contributed by atoms with E-state index in [1.165, 1.54) is 16.0 Å². The highest BCUT2D eigenvalue weighted by Gasteiger charge is 2.18. The van der Waals surface area contributed by atoms with Crippen LogP contribution in [0.4, 0.5) is 0 Å². The van der Waals surface area contributed by atoms with Crippen molar-refractivity contribution in [1.29, 1.82) is 0 Å². The van der Waals surface area contributed by atoms with E-state index in [2.05, 4.69) is 78.5 Å². The molecule has 1 atom stereocenters. The monoisotopic (exact) mass is 322 g/mol. The second-order valence-corrected chi connectivity index (χ2v) is 7.13. The Hall–Kier alpha value is -0.600. The number of rotatable bonds is 4. The predicted molar refractivity (Wildman–Crippen MR) is 84.8 cm³/mol. The van der Waals surface area contributed by atoms with E-state index in [-0.39, 0.29) is 5.41 Å². The topological polar surface area (TPSA) is 0 Å². The Balaban J connectivity index is 2.23. The van der Waals surface area contributed by atoms with Gasteiger partial charge in [-0.25, -0.2) is 0 Å². The average molecular weight is 323 g/mol. The summed E-state index contributed by atoms with van der Waals surface area (Å²) in [6, 6.07) is 13.3. The van der Waals surface area contributed by atoms with E-state index in [1.807, 2.05) is 0 Å². The molecule has 0 radical (unpaired) electrons. The molecule has 1 aromatic heterocycles. The lowest BCUT2D eigenvalue weighted by Gasteiger charge is -2.23. The summed E-state index contributed by atoms with van der Waals surface area (Å²) in [6.07, 6.45) is 1.16. The van der Waals surface area contributed by atoms with Gasteiger partial charge in [0.1, 0.15) is 0 Å². The second kappa shape index (κ2) is 5.58. The molecular weight excluding hydrogens is 304 g/mol. The van der Waals surface area contributed by atoms with E-state index in [4.69, 9.17) is 0 Å². The number of hydrogen-bond donors (Lipinski definition) is 0. The molecule has 0 aliphatic rings. The van der Waals surface area contributed by atoms with Gasteiger partial charge in [0.15, 0.2) is 0 Å². The molecule has 96 valence electrons. The summed E-state index contributed by atoms with van der Waals surface area (Å²) in [7, 11) is 0. The molecule has 0 spiro atoms. The summed E-state index contributed by atoms with van der Waals surface area (Å²) in [6.45, 7) is 6.84. The molecule has 0 fully saturated rings. The number of hydrogen-bond acceptors (Lipinski definition) is 1. The smallest absolute Gasteiger partial charge is 0.0738 e. The van der Waals surface area contributed by atoms with Gasteiger partial charge in [0, 0.05) is 4.88 Å². The largest absolute Gasteiger partial charge is 0.147 e. The van der Waals surface area contributed by atoms with Gasteiger partial charge in [-0.05, 0) is 34.4 Å². The first-order valence-corrected chi connectivity index (χ1v) is 8.12. The molecule has 1 unspecified atom stereocenters. The molecule has 0 bridgehead atoms. The maximum Gasteiger partial charge on any atom is 0.0738 e. The predicted octanol–water partition coefficient (Wildman–Crippen LogP) is 5.92. The first-order valence-electron chi connectivity index (χ1n) is 6.32. The van der Waals surface area contributed by atoms with Crippen LogP contribution in [-0.2, 0) is 5.41 Å². The van der Waals surface area contributed by atoms with Crippen LogP contribution in [-0.4, -0.2) is 0 Å². The normalized spacial score (nSPS) is 13.6. The van der Waals surface area contributed by atoms with Gasteiger partial charge in [0.05, 0.1) is 4.83 Å². The van der Waals surface area contributed by atoms with Crippen molar-refractivity contribution in [2.75, 3.05) is 0 Å². The molecule has 0 saturated heterocycles. The Labute approximate surface area is 122 Å². The van der Waals surface area contributed by atoms with Crippen molar-refractivity contribution < 1.29 is 0 Å². The van der Waals surface area contributed by atoms with Gasteiger partial charge in [0.25, 0.3) is 0 Å². The number of benzene rings is 1. The van der Waals surface area contributed by atoms with Crippen LogP contribution in [0.5, 0.6) is 0 Å². The standard InChI is InChI=1S/C16H19BrS/c1-4-16(2,3)13-9-7-12(8-10-13)15(17)14-6-5-11-18-14/h5-11,15H,4H2,1-3H3. The van der Waals surface area contributed by atoms with Gasteiger partial charge >= 0.3 is 0 Å². The van der Waals surface area contributed by atoms with Gasteiger partial charge in [-0.1, -0.05) is 67.0 Å². The maximum absolute atomic E-state index is 3.78. The minimum atomic E-state index is 0.267. The Bertz CT molecular complexity index is 482. The molecule has 1 aromatic carbocycles. The van der Waals surface area contributed by atoms with Gasteiger partial charge in [-0.2, -0.15) is 0 Å². The molecule has 18 heavy (non-hydrogen) atoms. The molecule has 0 aliphatic heterocycles. The minimum absolute atomic E-state index is 0.267. The van der Waals surface area contributed by atoms with E-state index in [1.54, 1.807) is 11.3 Å². The fourth-order valence-corrected chi connectivity index (χ4v) is 3.42. The molecule has 0 aliphatic carbocycles. The van der Waals surface area contributed by atoms with Crippen molar-refractivity contribution in [3.8, 4) is 0 Å². The fourth-order valence-electron chi connectivity index (χ4n) is 1.91. The van der Waals surface area contributed by atoms with Crippen LogP contribution in [0.2, 0.25) is 0 Å². The summed E-state index contributed by atoms with van der Waals surface area (Å²) < 4.78 is 0. The molecule has 0 saturated carbocycles. The van der Waals surface area contributed by atoms with Crippen molar-refractivity contribution in [3.05, 3.63) is 57.8 Å². The number of thiophene rings is 1. The van der Waals surface area contributed by atoms with Crippen molar-refractivity contribution in [3.63, 3.8) is 0 Å². The lowest BCUT2D eigenvalue weighted by atomic mass is 9.82. The highest BCUT2D eigenvalue weighted by molar-refractivity contribution is 9.09. The van der Waals surface area contributed by atoms with Gasteiger partial charge in [-0.3, -0.25) is 0 Å². The minimum Gasteiger partial charge on any atom is -0.147 e. The molecule has 0 N–H and O–H groups in total. The third-order valence-corrected chi connectivity index (χ3v) is 5.92. The quantitative estimate of drug-likeness (QED) is 0.613. The summed E-state index contributed by atoms with van der Waals surface area (Å²) in [5.74, 6) is 0. The van der Waals surface area contributed by atoms with Gasteiger partial charge < -0.3 is 0 Å². The first-order chi connectivity index (χ1) is 8.54. The molecule has 2 aromatic rings. The van der Waals surface area contributed by atoms with Crippen LogP contribution in [0.15, 0.2) is 41.8 Å². The van der Waals surface area contributed by atoms with E-state index < -0.39 is 0 Å². The lowest BCUT2D eigenvalue weighted by Crippen LogP contribution is -2.15. The van der Waals surface area contributed by atoms with Crippen LogP contribution < -0.4 is 0 Å². The highest BCUT2D eigenvalue weighted by Crippen LogP contribution is 2.35. The van der Waals surface area contributed by atoms with Crippen molar-refractivity contribution >= 4 is 27.3 Å². The molecule has 0 amide bonds. The molecular formula is C16H19BrS. The lowest BCUT2D eigenvalue weighted by molar-refractivity contribution is 0.506. The van der Waals surface area contributed by atoms with Crippen molar-refractivity contribution in [2.45, 2.75) is 37.4 Å². The Morgan fingerprint density at radius 1 is 1.17 bits per heavy atom. The van der Waals surface area contributed by atoms with Crippen LogP contribution in [0, 0.1) is 0 Å². The Morgan fingerprint density at radius 2 is 1.83 bits per heavy atom.